The van der Waals surface area contributed by atoms with Crippen LogP contribution in [0.1, 0.15) is 37.7 Å². The maximum absolute atomic E-state index is 11.6. The first kappa shape index (κ1) is 12.9. The number of carbonyl (C=O) groups excluding carboxylic acids is 1. The molecular weight excluding hydrogens is 255 g/mol. The van der Waals surface area contributed by atoms with Crippen molar-refractivity contribution >= 4 is 29.0 Å². The molecule has 1 saturated carbocycles. The maximum Gasteiger partial charge on any atom is 0.133 e. The van der Waals surface area contributed by atoms with Crippen LogP contribution in [0.2, 0.25) is 10.0 Å². The molecule has 0 amide bonds. The molecule has 1 aromatic rings. The van der Waals surface area contributed by atoms with E-state index < -0.39 is 0 Å². The van der Waals surface area contributed by atoms with E-state index in [1.807, 2.05) is 12.1 Å². The summed E-state index contributed by atoms with van der Waals surface area (Å²) in [5, 5.41) is 1.25. The topological polar surface area (TPSA) is 17.1 Å². The highest BCUT2D eigenvalue weighted by molar-refractivity contribution is 6.42. The van der Waals surface area contributed by atoms with Crippen molar-refractivity contribution in [2.75, 3.05) is 0 Å². The van der Waals surface area contributed by atoms with Gasteiger partial charge in [0.25, 0.3) is 0 Å². The van der Waals surface area contributed by atoms with E-state index in [-0.39, 0.29) is 0 Å². The van der Waals surface area contributed by atoms with Crippen LogP contribution < -0.4 is 0 Å². The van der Waals surface area contributed by atoms with Gasteiger partial charge in [0.05, 0.1) is 10.0 Å². The lowest BCUT2D eigenvalue weighted by atomic mass is 9.92. The summed E-state index contributed by atoms with van der Waals surface area (Å²) in [6, 6.07) is 5.72. The molecule has 3 heteroatoms. The van der Waals surface area contributed by atoms with Gasteiger partial charge in [0, 0.05) is 12.8 Å². The molecule has 1 fully saturated rings. The molecule has 17 heavy (non-hydrogen) atoms. The summed E-state index contributed by atoms with van der Waals surface area (Å²) in [5.74, 6) is 0.826. The molecule has 1 aliphatic carbocycles. The summed E-state index contributed by atoms with van der Waals surface area (Å²) < 4.78 is 0. The summed E-state index contributed by atoms with van der Waals surface area (Å²) in [4.78, 5) is 11.6. The van der Waals surface area contributed by atoms with Gasteiger partial charge in [-0.2, -0.15) is 0 Å². The summed E-state index contributed by atoms with van der Waals surface area (Å²) in [6.07, 6.45) is 5.62. The van der Waals surface area contributed by atoms with Gasteiger partial charge in [0.2, 0.25) is 0 Å². The van der Waals surface area contributed by atoms with Crippen LogP contribution in [0.25, 0.3) is 0 Å². The average Bonchev–Trinajstić information content (AvgIpc) is 2.49. The quantitative estimate of drug-likeness (QED) is 0.713. The van der Waals surface area contributed by atoms with Crippen molar-refractivity contribution in [2.45, 2.75) is 38.5 Å². The third-order valence-corrected chi connectivity index (χ3v) is 4.23. The summed E-state index contributed by atoms with van der Waals surface area (Å²) in [7, 11) is 0. The first-order valence-corrected chi connectivity index (χ1v) is 6.87. The second-order valence-electron chi connectivity index (χ2n) is 4.77. The van der Waals surface area contributed by atoms with Gasteiger partial charge in [0.1, 0.15) is 5.78 Å². The van der Waals surface area contributed by atoms with Gasteiger partial charge in [-0.25, -0.2) is 0 Å². The van der Waals surface area contributed by atoms with Gasteiger partial charge < -0.3 is 0 Å². The lowest BCUT2D eigenvalue weighted by Crippen LogP contribution is -2.08. The van der Waals surface area contributed by atoms with E-state index in [4.69, 9.17) is 23.2 Å². The number of Topliss-reactive ketones (excluding diaryl/α,β-unsaturated/α-hetero) is 1. The average molecular weight is 271 g/mol. The monoisotopic (exact) mass is 270 g/mol. The smallest absolute Gasteiger partial charge is 0.133 e. The highest BCUT2D eigenvalue weighted by Crippen LogP contribution is 2.30. The van der Waals surface area contributed by atoms with E-state index in [9.17, 15) is 4.79 Å². The fourth-order valence-electron chi connectivity index (χ4n) is 2.47. The van der Waals surface area contributed by atoms with E-state index in [1.54, 1.807) is 6.07 Å². The van der Waals surface area contributed by atoms with Crippen LogP contribution in [0.5, 0.6) is 0 Å². The Bertz CT molecular complexity index is 415. The van der Waals surface area contributed by atoms with Crippen molar-refractivity contribution in [3.63, 3.8) is 0 Å². The van der Waals surface area contributed by atoms with Crippen molar-refractivity contribution in [3.05, 3.63) is 33.8 Å². The molecule has 0 spiro atoms. The maximum atomic E-state index is 11.6. The van der Waals surface area contributed by atoms with Gasteiger partial charge in [-0.1, -0.05) is 41.8 Å². The molecule has 1 unspecified atom stereocenters. The summed E-state index contributed by atoms with van der Waals surface area (Å²) in [6.45, 7) is 0. The minimum Gasteiger partial charge on any atom is -0.300 e. The number of hydrogen-bond donors (Lipinski definition) is 0. The number of halogens is 2. The zero-order valence-electron chi connectivity index (χ0n) is 9.72. The van der Waals surface area contributed by atoms with Crippen molar-refractivity contribution in [2.24, 2.45) is 5.92 Å². The van der Waals surface area contributed by atoms with E-state index in [0.717, 1.165) is 37.7 Å². The van der Waals surface area contributed by atoms with E-state index in [0.29, 0.717) is 28.2 Å². The first-order chi connectivity index (χ1) is 8.16. The lowest BCUT2D eigenvalue weighted by Gasteiger charge is -2.14. The highest BCUT2D eigenvalue weighted by atomic mass is 35.5. The third kappa shape index (κ3) is 3.46. The molecule has 1 nitrogen and oxygen atoms in total. The molecule has 2 rings (SSSR count). The van der Waals surface area contributed by atoms with Crippen LogP contribution in [0, 0.1) is 5.92 Å². The van der Waals surface area contributed by atoms with Crippen molar-refractivity contribution in [3.8, 4) is 0 Å². The van der Waals surface area contributed by atoms with E-state index >= 15 is 0 Å². The van der Waals surface area contributed by atoms with Crippen LogP contribution in [0.3, 0.4) is 0 Å². The zero-order valence-corrected chi connectivity index (χ0v) is 11.2. The van der Waals surface area contributed by atoms with Gasteiger partial charge in [-0.3, -0.25) is 4.79 Å². The molecule has 0 heterocycles. The highest BCUT2D eigenvalue weighted by Gasteiger charge is 2.19. The molecule has 92 valence electrons. The van der Waals surface area contributed by atoms with Crippen LogP contribution >= 0.6 is 23.2 Å². The van der Waals surface area contributed by atoms with Crippen molar-refractivity contribution in [1.29, 1.82) is 0 Å². The Kier molecular flexibility index (Phi) is 4.47. The third-order valence-electron chi connectivity index (χ3n) is 3.37. The Hall–Kier alpha value is -0.530. The van der Waals surface area contributed by atoms with Gasteiger partial charge in [0.15, 0.2) is 0 Å². The van der Waals surface area contributed by atoms with Gasteiger partial charge in [-0.15, -0.1) is 0 Å². The normalized spacial score (nSPS) is 21.3. The molecule has 1 atom stereocenters. The Morgan fingerprint density at radius 2 is 2.06 bits per heavy atom. The van der Waals surface area contributed by atoms with Gasteiger partial charge in [-0.05, 0) is 36.8 Å². The molecule has 1 aromatic carbocycles. The molecular formula is C14H16Cl2O. The Labute approximate surface area is 112 Å². The summed E-state index contributed by atoms with van der Waals surface area (Å²) >= 11 is 12.2. The lowest BCUT2D eigenvalue weighted by molar-refractivity contribution is -0.119. The van der Waals surface area contributed by atoms with Crippen molar-refractivity contribution < 1.29 is 4.79 Å². The van der Waals surface area contributed by atoms with Crippen LogP contribution in [-0.4, -0.2) is 5.78 Å². The Morgan fingerprint density at radius 3 is 2.88 bits per heavy atom. The van der Waals surface area contributed by atoms with Crippen LogP contribution in [0.4, 0.5) is 0 Å². The molecule has 0 radical (unpaired) electrons. The van der Waals surface area contributed by atoms with Crippen LogP contribution in [0.15, 0.2) is 18.2 Å². The minimum absolute atomic E-state index is 0.394. The zero-order chi connectivity index (χ0) is 12.3. The minimum atomic E-state index is 0.394. The SMILES string of the molecule is O=C1CCCCC(Cc2cccc(Cl)c2Cl)C1. The Balaban J connectivity index is 2.09. The number of carbonyl (C=O) groups is 1. The second kappa shape index (κ2) is 5.88. The number of ketones is 1. The molecule has 0 saturated heterocycles. The largest absolute Gasteiger partial charge is 0.300 e. The van der Waals surface area contributed by atoms with E-state index in [2.05, 4.69) is 0 Å². The standard InChI is InChI=1S/C14H16Cl2O/c15-13-7-3-5-11(14(13)16)8-10-4-1-2-6-12(17)9-10/h3,5,7,10H,1-2,4,6,8-9H2. The predicted octanol–water partition coefficient (Wildman–Crippen LogP) is 4.69. The molecule has 0 aromatic heterocycles. The van der Waals surface area contributed by atoms with Crippen LogP contribution in [-0.2, 0) is 11.2 Å². The van der Waals surface area contributed by atoms with E-state index in [1.165, 1.54) is 0 Å². The molecule has 1 aliphatic rings. The fourth-order valence-corrected chi connectivity index (χ4v) is 2.87. The number of rotatable bonds is 2. The number of hydrogen-bond acceptors (Lipinski definition) is 1. The first-order valence-electron chi connectivity index (χ1n) is 6.11. The molecule has 0 bridgehead atoms. The van der Waals surface area contributed by atoms with Gasteiger partial charge >= 0.3 is 0 Å². The van der Waals surface area contributed by atoms with Crippen molar-refractivity contribution in [1.82, 2.24) is 0 Å². The Morgan fingerprint density at radius 1 is 1.24 bits per heavy atom. The molecule has 0 aliphatic heterocycles. The molecule has 0 N–H and O–H groups in total. The summed E-state index contributed by atoms with van der Waals surface area (Å²) in [5.41, 5.74) is 1.07. The predicted molar refractivity (Wildman–Crippen MR) is 71.7 cm³/mol. The number of benzene rings is 1. The second-order valence-corrected chi connectivity index (χ2v) is 5.56. The fraction of sp³-hybridized carbons (Fsp3) is 0.500.